The van der Waals surface area contributed by atoms with E-state index in [2.05, 4.69) is 0 Å². The van der Waals surface area contributed by atoms with Gasteiger partial charge in [0.15, 0.2) is 0 Å². The largest absolute Gasteiger partial charge is 0.463 e. The maximum Gasteiger partial charge on any atom is 0.347 e. The Morgan fingerprint density at radius 1 is 1.16 bits per heavy atom. The van der Waals surface area contributed by atoms with Crippen LogP contribution in [0.1, 0.15) is 16.8 Å². The molecule has 0 spiro atoms. The van der Waals surface area contributed by atoms with Crippen molar-refractivity contribution in [1.29, 1.82) is 0 Å². The lowest BCUT2D eigenvalue weighted by molar-refractivity contribution is -0.145. The lowest BCUT2D eigenvalue weighted by atomic mass is 10.0. The van der Waals surface area contributed by atoms with E-state index in [1.54, 1.807) is 12.1 Å². The van der Waals surface area contributed by atoms with Gasteiger partial charge in [0, 0.05) is 6.42 Å². The van der Waals surface area contributed by atoms with Gasteiger partial charge in [-0.2, -0.15) is 0 Å². The molecule has 0 bridgehead atoms. The number of benzene rings is 2. The molecule has 4 heteroatoms. The first-order valence-corrected chi connectivity index (χ1v) is 6.11. The molecule has 1 saturated heterocycles. The number of carbonyl (C=O) groups is 2. The summed E-state index contributed by atoms with van der Waals surface area (Å²) in [7, 11) is 0. The minimum atomic E-state index is -0.772. The fourth-order valence-corrected chi connectivity index (χ4v) is 2.18. The van der Waals surface area contributed by atoms with Crippen LogP contribution < -0.4 is 0 Å². The lowest BCUT2D eigenvalue weighted by Crippen LogP contribution is -2.22. The molecule has 2 aromatic rings. The Labute approximate surface area is 109 Å². The van der Waals surface area contributed by atoms with Gasteiger partial charge in [0.2, 0.25) is 6.10 Å². The van der Waals surface area contributed by atoms with E-state index in [0.29, 0.717) is 18.6 Å². The Morgan fingerprint density at radius 2 is 1.95 bits per heavy atom. The Bertz CT molecular complexity index is 642. The fourth-order valence-electron chi connectivity index (χ4n) is 2.18. The molecule has 1 aliphatic heterocycles. The average Bonchev–Trinajstić information content (AvgIpc) is 2.83. The second kappa shape index (κ2) is 4.72. The van der Waals surface area contributed by atoms with E-state index in [-0.39, 0.29) is 0 Å². The molecule has 1 unspecified atom stereocenters. The molecule has 0 radical (unpaired) electrons. The van der Waals surface area contributed by atoms with Crippen molar-refractivity contribution in [3.8, 4) is 0 Å². The van der Waals surface area contributed by atoms with E-state index >= 15 is 0 Å². The van der Waals surface area contributed by atoms with Gasteiger partial charge in [-0.25, -0.2) is 9.59 Å². The van der Waals surface area contributed by atoms with Crippen LogP contribution in [0.25, 0.3) is 10.8 Å². The Hall–Kier alpha value is -2.36. The monoisotopic (exact) mass is 256 g/mol. The first kappa shape index (κ1) is 11.7. The Morgan fingerprint density at radius 3 is 2.74 bits per heavy atom. The van der Waals surface area contributed by atoms with Gasteiger partial charge in [0.25, 0.3) is 0 Å². The van der Waals surface area contributed by atoms with E-state index in [0.717, 1.165) is 10.8 Å². The zero-order valence-corrected chi connectivity index (χ0v) is 10.2. The second-order valence-corrected chi connectivity index (χ2v) is 4.38. The molecule has 2 aromatic carbocycles. The van der Waals surface area contributed by atoms with Crippen LogP contribution in [0.2, 0.25) is 0 Å². The number of carbonyl (C=O) groups excluding carboxylic acids is 2. The molecule has 0 aromatic heterocycles. The van der Waals surface area contributed by atoms with Crippen molar-refractivity contribution >= 4 is 22.7 Å². The molecule has 96 valence electrons. The highest BCUT2D eigenvalue weighted by atomic mass is 16.6. The molecular formula is C15H12O4. The van der Waals surface area contributed by atoms with Crippen molar-refractivity contribution in [2.45, 2.75) is 12.5 Å². The van der Waals surface area contributed by atoms with Crippen molar-refractivity contribution in [3.63, 3.8) is 0 Å². The van der Waals surface area contributed by atoms with E-state index in [9.17, 15) is 9.59 Å². The highest BCUT2D eigenvalue weighted by Crippen LogP contribution is 2.21. The van der Waals surface area contributed by atoms with Crippen molar-refractivity contribution in [1.82, 2.24) is 0 Å². The maximum absolute atomic E-state index is 12.1. The smallest absolute Gasteiger partial charge is 0.347 e. The predicted molar refractivity (Wildman–Crippen MR) is 68.7 cm³/mol. The molecule has 1 atom stereocenters. The molecular weight excluding hydrogens is 244 g/mol. The number of fused-ring (bicyclic) bond motifs is 1. The summed E-state index contributed by atoms with van der Waals surface area (Å²) in [6.45, 7) is 0.312. The van der Waals surface area contributed by atoms with Gasteiger partial charge in [-0.3, -0.25) is 0 Å². The minimum Gasteiger partial charge on any atom is -0.463 e. The van der Waals surface area contributed by atoms with Gasteiger partial charge in [-0.1, -0.05) is 36.4 Å². The maximum atomic E-state index is 12.1. The van der Waals surface area contributed by atoms with Gasteiger partial charge in [0.05, 0.1) is 12.2 Å². The average molecular weight is 256 g/mol. The summed E-state index contributed by atoms with van der Waals surface area (Å²) in [6, 6.07) is 13.0. The summed E-state index contributed by atoms with van der Waals surface area (Å²) in [5.41, 5.74) is 0.470. The summed E-state index contributed by atoms with van der Waals surface area (Å²) in [4.78, 5) is 23.4. The molecule has 0 aliphatic carbocycles. The molecule has 1 heterocycles. The standard InChI is InChI=1S/C15H12O4/c16-14(19-13-8-9-18-15(13)17)12-7-3-5-10-4-1-2-6-11(10)12/h1-7,13H,8-9H2. The summed E-state index contributed by atoms with van der Waals surface area (Å²) in [5.74, 6) is -0.950. The zero-order valence-electron chi connectivity index (χ0n) is 10.2. The third-order valence-electron chi connectivity index (χ3n) is 3.15. The van der Waals surface area contributed by atoms with Crippen LogP contribution in [0.4, 0.5) is 0 Å². The number of hydrogen-bond acceptors (Lipinski definition) is 4. The fraction of sp³-hybridized carbons (Fsp3) is 0.200. The first-order valence-electron chi connectivity index (χ1n) is 6.11. The van der Waals surface area contributed by atoms with Crippen molar-refractivity contribution in [2.75, 3.05) is 6.61 Å². The van der Waals surface area contributed by atoms with Gasteiger partial charge in [0.1, 0.15) is 0 Å². The van der Waals surface area contributed by atoms with Crippen LogP contribution in [-0.2, 0) is 14.3 Å². The lowest BCUT2D eigenvalue weighted by Gasteiger charge is -2.10. The number of esters is 2. The van der Waals surface area contributed by atoms with Crippen molar-refractivity contribution in [2.24, 2.45) is 0 Å². The summed E-state index contributed by atoms with van der Waals surface area (Å²) >= 11 is 0. The molecule has 1 fully saturated rings. The van der Waals surface area contributed by atoms with Gasteiger partial charge >= 0.3 is 11.9 Å². The summed E-state index contributed by atoms with van der Waals surface area (Å²) in [6.07, 6.45) is -0.346. The topological polar surface area (TPSA) is 52.6 Å². The minimum absolute atomic E-state index is 0.312. The van der Waals surface area contributed by atoms with Crippen LogP contribution in [0.15, 0.2) is 42.5 Å². The molecule has 0 amide bonds. The third kappa shape index (κ3) is 2.17. The van der Waals surface area contributed by atoms with Crippen LogP contribution in [0.5, 0.6) is 0 Å². The molecule has 0 N–H and O–H groups in total. The van der Waals surface area contributed by atoms with Crippen molar-refractivity contribution in [3.05, 3.63) is 48.0 Å². The second-order valence-electron chi connectivity index (χ2n) is 4.38. The van der Waals surface area contributed by atoms with E-state index in [1.165, 1.54) is 0 Å². The van der Waals surface area contributed by atoms with E-state index in [4.69, 9.17) is 9.47 Å². The SMILES string of the molecule is O=C(OC1CCOC1=O)c1cccc2ccccc12. The quantitative estimate of drug-likeness (QED) is 0.774. The van der Waals surface area contributed by atoms with Gasteiger partial charge in [-0.15, -0.1) is 0 Å². The van der Waals surface area contributed by atoms with Crippen LogP contribution >= 0.6 is 0 Å². The van der Waals surface area contributed by atoms with Crippen molar-refractivity contribution < 1.29 is 19.1 Å². The number of ether oxygens (including phenoxy) is 2. The molecule has 3 rings (SSSR count). The molecule has 1 aliphatic rings. The summed E-state index contributed by atoms with van der Waals surface area (Å²) in [5, 5.41) is 1.78. The molecule has 0 saturated carbocycles. The number of rotatable bonds is 2. The first-order chi connectivity index (χ1) is 9.25. The molecule has 19 heavy (non-hydrogen) atoms. The number of hydrogen-bond donors (Lipinski definition) is 0. The highest BCUT2D eigenvalue weighted by Gasteiger charge is 2.30. The van der Waals surface area contributed by atoms with E-state index < -0.39 is 18.0 Å². The normalized spacial score (nSPS) is 18.3. The van der Waals surface area contributed by atoms with Crippen LogP contribution in [-0.4, -0.2) is 24.6 Å². The Balaban J connectivity index is 1.91. The molecule has 4 nitrogen and oxygen atoms in total. The highest BCUT2D eigenvalue weighted by molar-refractivity contribution is 6.05. The van der Waals surface area contributed by atoms with Crippen LogP contribution in [0, 0.1) is 0 Å². The van der Waals surface area contributed by atoms with Crippen LogP contribution in [0.3, 0.4) is 0 Å². The number of cyclic esters (lactones) is 1. The third-order valence-corrected chi connectivity index (χ3v) is 3.15. The zero-order chi connectivity index (χ0) is 13.2. The Kier molecular flexibility index (Phi) is 2.91. The predicted octanol–water partition coefficient (Wildman–Crippen LogP) is 2.31. The van der Waals surface area contributed by atoms with E-state index in [1.807, 2.05) is 30.3 Å². The van der Waals surface area contributed by atoms with Gasteiger partial charge < -0.3 is 9.47 Å². The summed E-state index contributed by atoms with van der Waals surface area (Å²) < 4.78 is 9.98. The van der Waals surface area contributed by atoms with Gasteiger partial charge in [-0.05, 0) is 16.8 Å².